The van der Waals surface area contributed by atoms with Crippen LogP contribution < -0.4 is 9.62 Å². The molecule has 1 aliphatic carbocycles. The van der Waals surface area contributed by atoms with Crippen molar-refractivity contribution in [2.75, 3.05) is 25.7 Å². The van der Waals surface area contributed by atoms with Crippen LogP contribution in [-0.4, -0.2) is 46.2 Å². The van der Waals surface area contributed by atoms with Crippen LogP contribution in [-0.2, 0) is 14.8 Å². The van der Waals surface area contributed by atoms with Crippen LogP contribution in [0.5, 0.6) is 0 Å². The molecule has 0 spiro atoms. The second-order valence-corrected chi connectivity index (χ2v) is 8.50. The molecule has 9 heteroatoms. The first-order valence-electron chi connectivity index (χ1n) is 8.79. The Morgan fingerprint density at radius 2 is 2.00 bits per heavy atom. The Bertz CT molecular complexity index is 732. The van der Waals surface area contributed by atoms with Gasteiger partial charge in [0.2, 0.25) is 10.0 Å². The first-order chi connectivity index (χ1) is 12.3. The van der Waals surface area contributed by atoms with E-state index in [-0.39, 0.29) is 23.2 Å². The Balaban J connectivity index is 2.32. The highest BCUT2D eigenvalue weighted by Gasteiger charge is 2.27. The number of nitrogens with zero attached hydrogens (tertiary/aromatic N) is 2. The van der Waals surface area contributed by atoms with Gasteiger partial charge in [-0.15, -0.1) is 0 Å². The Morgan fingerprint density at radius 3 is 2.58 bits per heavy atom. The average Bonchev–Trinajstić information content (AvgIpc) is 2.61. The zero-order valence-electron chi connectivity index (χ0n) is 15.5. The van der Waals surface area contributed by atoms with Crippen molar-refractivity contribution in [1.29, 1.82) is 0 Å². The van der Waals surface area contributed by atoms with Crippen molar-refractivity contribution in [3.05, 3.63) is 28.3 Å². The lowest BCUT2D eigenvalue weighted by Crippen LogP contribution is -2.36. The molecule has 8 nitrogen and oxygen atoms in total. The number of nitro benzene ring substituents is 1. The summed E-state index contributed by atoms with van der Waals surface area (Å²) in [4.78, 5) is 12.8. The van der Waals surface area contributed by atoms with Crippen molar-refractivity contribution in [1.82, 2.24) is 4.72 Å². The fraction of sp³-hybridized carbons (Fsp3) is 0.647. The smallest absolute Gasteiger partial charge is 0.293 e. The van der Waals surface area contributed by atoms with Crippen LogP contribution in [0.3, 0.4) is 0 Å². The molecule has 1 atom stereocenters. The van der Waals surface area contributed by atoms with Crippen LogP contribution in [0.25, 0.3) is 0 Å². The summed E-state index contributed by atoms with van der Waals surface area (Å²) in [5.41, 5.74) is 0.256. The highest BCUT2D eigenvalue weighted by Crippen LogP contribution is 2.34. The summed E-state index contributed by atoms with van der Waals surface area (Å²) in [5, 5.41) is 11.6. The molecule has 0 heterocycles. The summed E-state index contributed by atoms with van der Waals surface area (Å²) >= 11 is 0. The Kier molecular flexibility index (Phi) is 6.96. The summed E-state index contributed by atoms with van der Waals surface area (Å²) in [7, 11) is -0.542. The highest BCUT2D eigenvalue weighted by atomic mass is 32.2. The number of nitrogens with one attached hydrogen (secondary N) is 1. The van der Waals surface area contributed by atoms with Crippen LogP contribution >= 0.6 is 0 Å². The van der Waals surface area contributed by atoms with E-state index < -0.39 is 21.0 Å². The van der Waals surface area contributed by atoms with Gasteiger partial charge in [-0.3, -0.25) is 10.1 Å². The first-order valence-corrected chi connectivity index (χ1v) is 10.3. The molecule has 0 unspecified atom stereocenters. The quantitative estimate of drug-likeness (QED) is 0.545. The first kappa shape index (κ1) is 20.6. The highest BCUT2D eigenvalue weighted by molar-refractivity contribution is 7.89. The molecule has 1 saturated carbocycles. The van der Waals surface area contributed by atoms with Gasteiger partial charge in [-0.1, -0.05) is 19.3 Å². The van der Waals surface area contributed by atoms with Gasteiger partial charge < -0.3 is 9.64 Å². The van der Waals surface area contributed by atoms with Crippen LogP contribution in [0.1, 0.15) is 39.0 Å². The molecule has 1 aromatic carbocycles. The second-order valence-electron chi connectivity index (χ2n) is 6.79. The van der Waals surface area contributed by atoms with Gasteiger partial charge in [-0.2, -0.15) is 0 Å². The zero-order chi connectivity index (χ0) is 19.3. The number of rotatable bonds is 8. The van der Waals surface area contributed by atoms with E-state index in [9.17, 15) is 18.5 Å². The van der Waals surface area contributed by atoms with Crippen molar-refractivity contribution in [3.8, 4) is 0 Å². The molecule has 0 aromatic heterocycles. The SMILES string of the molecule is COC[C@H](C)NS(=O)(=O)c1ccc(N(C)C2CCCCC2)c([N+](=O)[O-])c1. The van der Waals surface area contributed by atoms with Gasteiger partial charge in [-0.25, -0.2) is 13.1 Å². The lowest BCUT2D eigenvalue weighted by Gasteiger charge is -2.32. The second kappa shape index (κ2) is 8.79. The van der Waals surface area contributed by atoms with E-state index in [0.29, 0.717) is 5.69 Å². The van der Waals surface area contributed by atoms with Crippen molar-refractivity contribution >= 4 is 21.4 Å². The number of hydrogen-bond acceptors (Lipinski definition) is 6. The van der Waals surface area contributed by atoms with Crippen LogP contribution in [0, 0.1) is 10.1 Å². The van der Waals surface area contributed by atoms with E-state index in [1.54, 1.807) is 6.92 Å². The van der Waals surface area contributed by atoms with Crippen molar-refractivity contribution in [2.45, 2.75) is 56.0 Å². The number of ether oxygens (including phenoxy) is 1. The normalized spacial score (nSPS) is 17.0. The molecule has 0 amide bonds. The summed E-state index contributed by atoms with van der Waals surface area (Å²) in [5.74, 6) is 0. The van der Waals surface area contributed by atoms with Gasteiger partial charge in [0.05, 0.1) is 16.4 Å². The van der Waals surface area contributed by atoms with Gasteiger partial charge in [0.15, 0.2) is 0 Å². The molecule has 1 N–H and O–H groups in total. The fourth-order valence-corrected chi connectivity index (χ4v) is 4.64. The monoisotopic (exact) mass is 385 g/mol. The molecular formula is C17H27N3O5S. The zero-order valence-corrected chi connectivity index (χ0v) is 16.3. The minimum Gasteiger partial charge on any atom is -0.383 e. The summed E-state index contributed by atoms with van der Waals surface area (Å²) in [6, 6.07) is 3.89. The third-order valence-corrected chi connectivity index (χ3v) is 6.32. The summed E-state index contributed by atoms with van der Waals surface area (Å²) < 4.78 is 32.3. The molecule has 2 rings (SSSR count). The van der Waals surface area contributed by atoms with Gasteiger partial charge in [0, 0.05) is 32.3 Å². The minimum absolute atomic E-state index is 0.118. The van der Waals surface area contributed by atoms with Crippen LogP contribution in [0.2, 0.25) is 0 Å². The van der Waals surface area contributed by atoms with E-state index in [2.05, 4.69) is 4.72 Å². The van der Waals surface area contributed by atoms with Crippen molar-refractivity contribution in [2.24, 2.45) is 0 Å². The molecule has 1 aromatic rings. The maximum Gasteiger partial charge on any atom is 0.293 e. The number of benzene rings is 1. The number of anilines is 1. The predicted octanol–water partition coefficient (Wildman–Crippen LogP) is 2.68. The number of nitro groups is 1. The fourth-order valence-electron chi connectivity index (χ4n) is 3.40. The molecule has 0 aliphatic heterocycles. The van der Waals surface area contributed by atoms with Crippen LogP contribution in [0.4, 0.5) is 11.4 Å². The molecule has 146 valence electrons. The maximum absolute atomic E-state index is 12.5. The van der Waals surface area contributed by atoms with Gasteiger partial charge in [-0.05, 0) is 31.9 Å². The molecule has 0 saturated heterocycles. The number of methoxy groups -OCH3 is 1. The van der Waals surface area contributed by atoms with Crippen LogP contribution in [0.15, 0.2) is 23.1 Å². The maximum atomic E-state index is 12.5. The van der Waals surface area contributed by atoms with Crippen molar-refractivity contribution in [3.63, 3.8) is 0 Å². The Hall–Kier alpha value is -1.71. The number of sulfonamides is 1. The number of hydrogen-bond donors (Lipinski definition) is 1. The Morgan fingerprint density at radius 1 is 1.35 bits per heavy atom. The molecule has 26 heavy (non-hydrogen) atoms. The molecule has 0 radical (unpaired) electrons. The van der Waals surface area contributed by atoms with Crippen molar-refractivity contribution < 1.29 is 18.1 Å². The lowest BCUT2D eigenvalue weighted by molar-refractivity contribution is -0.384. The average molecular weight is 385 g/mol. The molecular weight excluding hydrogens is 358 g/mol. The van der Waals surface area contributed by atoms with E-state index in [1.165, 1.54) is 25.7 Å². The minimum atomic E-state index is -3.86. The largest absolute Gasteiger partial charge is 0.383 e. The van der Waals surface area contributed by atoms with Gasteiger partial charge >= 0.3 is 0 Å². The molecule has 1 aliphatic rings. The van der Waals surface area contributed by atoms with E-state index in [4.69, 9.17) is 4.74 Å². The van der Waals surface area contributed by atoms with E-state index in [0.717, 1.165) is 31.7 Å². The summed E-state index contributed by atoms with van der Waals surface area (Å²) in [6.45, 7) is 1.88. The molecule has 0 bridgehead atoms. The predicted molar refractivity (Wildman–Crippen MR) is 100 cm³/mol. The van der Waals surface area contributed by atoms with Gasteiger partial charge in [0.25, 0.3) is 5.69 Å². The van der Waals surface area contributed by atoms with E-state index in [1.807, 2.05) is 11.9 Å². The summed E-state index contributed by atoms with van der Waals surface area (Å²) in [6.07, 6.45) is 5.38. The topological polar surface area (TPSA) is 102 Å². The van der Waals surface area contributed by atoms with Gasteiger partial charge in [0.1, 0.15) is 5.69 Å². The third kappa shape index (κ3) is 4.93. The molecule has 1 fully saturated rings. The lowest BCUT2D eigenvalue weighted by atomic mass is 9.94. The Labute approximate surface area is 154 Å². The standard InChI is InChI=1S/C17H27N3O5S/c1-13(12-25-3)18-26(23,24)15-9-10-16(17(11-15)20(21)22)19(2)14-7-5-4-6-8-14/h9-11,13-14,18H,4-8,12H2,1-3H3/t13-/m0/s1. The van der Waals surface area contributed by atoms with E-state index >= 15 is 0 Å². The third-order valence-electron chi connectivity index (χ3n) is 4.73.